The normalized spacial score (nSPS) is 24.1. The van der Waals surface area contributed by atoms with Gasteiger partial charge < -0.3 is 0 Å². The van der Waals surface area contributed by atoms with Crippen LogP contribution >= 0.6 is 0 Å². The van der Waals surface area contributed by atoms with E-state index in [-0.39, 0.29) is 0 Å². The molecule has 1 aliphatic rings. The molecule has 0 amide bonds. The SMILES string of the molecule is CCCCC(CC1CCCN(S(C)(=O)=O)C1)NN. The highest BCUT2D eigenvalue weighted by atomic mass is 32.2. The van der Waals surface area contributed by atoms with Gasteiger partial charge in [-0.1, -0.05) is 19.8 Å². The van der Waals surface area contributed by atoms with Crippen molar-refractivity contribution in [3.8, 4) is 0 Å². The molecule has 0 spiro atoms. The van der Waals surface area contributed by atoms with E-state index in [9.17, 15) is 8.42 Å². The number of nitrogens with zero attached hydrogens (tertiary/aromatic N) is 1. The van der Waals surface area contributed by atoms with Gasteiger partial charge in [-0.3, -0.25) is 11.3 Å². The van der Waals surface area contributed by atoms with Crippen LogP contribution in [0.25, 0.3) is 0 Å². The van der Waals surface area contributed by atoms with Crippen LogP contribution in [0.5, 0.6) is 0 Å². The van der Waals surface area contributed by atoms with Gasteiger partial charge in [-0.15, -0.1) is 0 Å². The topological polar surface area (TPSA) is 75.4 Å². The average molecular weight is 277 g/mol. The molecule has 1 aliphatic heterocycles. The Bertz CT molecular complexity index is 332. The maximum atomic E-state index is 11.5. The van der Waals surface area contributed by atoms with Gasteiger partial charge in [0.15, 0.2) is 0 Å². The zero-order valence-corrected chi connectivity index (χ0v) is 12.4. The van der Waals surface area contributed by atoms with Gasteiger partial charge in [0.1, 0.15) is 0 Å². The Morgan fingerprint density at radius 1 is 1.50 bits per heavy atom. The van der Waals surface area contributed by atoms with E-state index in [2.05, 4.69) is 12.3 Å². The lowest BCUT2D eigenvalue weighted by atomic mass is 9.91. The van der Waals surface area contributed by atoms with Crippen LogP contribution in [0.2, 0.25) is 0 Å². The number of nitrogens with two attached hydrogens (primary N) is 1. The van der Waals surface area contributed by atoms with Crippen LogP contribution in [-0.4, -0.2) is 38.1 Å². The summed E-state index contributed by atoms with van der Waals surface area (Å²) in [6.45, 7) is 3.49. The molecule has 1 rings (SSSR count). The number of hydrazine groups is 1. The van der Waals surface area contributed by atoms with Crippen molar-refractivity contribution in [2.24, 2.45) is 11.8 Å². The van der Waals surface area contributed by atoms with Crippen molar-refractivity contribution in [3.05, 3.63) is 0 Å². The smallest absolute Gasteiger partial charge is 0.211 e. The van der Waals surface area contributed by atoms with E-state index in [1.165, 1.54) is 6.26 Å². The maximum Gasteiger partial charge on any atom is 0.211 e. The molecule has 0 bridgehead atoms. The third-order valence-corrected chi connectivity index (χ3v) is 4.98. The van der Waals surface area contributed by atoms with Gasteiger partial charge in [0, 0.05) is 19.1 Å². The zero-order chi connectivity index (χ0) is 13.6. The van der Waals surface area contributed by atoms with Crippen LogP contribution in [0.15, 0.2) is 0 Å². The number of hydrogen-bond acceptors (Lipinski definition) is 4. The summed E-state index contributed by atoms with van der Waals surface area (Å²) in [5.74, 6) is 6.01. The fourth-order valence-corrected chi connectivity index (χ4v) is 3.58. The van der Waals surface area contributed by atoms with Gasteiger partial charge in [-0.2, -0.15) is 0 Å². The Hall–Kier alpha value is -0.170. The fraction of sp³-hybridized carbons (Fsp3) is 1.00. The monoisotopic (exact) mass is 277 g/mol. The standard InChI is InChI=1S/C12H27N3O2S/c1-3-4-7-12(14-13)9-11-6-5-8-15(10-11)18(2,16)17/h11-12,14H,3-10,13H2,1-2H3. The number of nitrogens with one attached hydrogen (secondary N) is 1. The number of sulfonamides is 1. The lowest BCUT2D eigenvalue weighted by molar-refractivity contribution is 0.233. The first-order valence-electron chi connectivity index (χ1n) is 6.88. The molecule has 108 valence electrons. The molecule has 0 aromatic carbocycles. The predicted octanol–water partition coefficient (Wildman–Crippen LogP) is 1.07. The molecule has 1 heterocycles. The van der Waals surface area contributed by atoms with Crippen molar-refractivity contribution in [2.45, 2.75) is 51.5 Å². The van der Waals surface area contributed by atoms with Crippen molar-refractivity contribution in [1.29, 1.82) is 0 Å². The minimum Gasteiger partial charge on any atom is -0.271 e. The molecule has 2 atom stereocenters. The fourth-order valence-electron chi connectivity index (χ4n) is 2.64. The van der Waals surface area contributed by atoms with Crippen LogP contribution in [0, 0.1) is 5.92 Å². The Labute approximate surface area is 111 Å². The molecule has 0 saturated carbocycles. The zero-order valence-electron chi connectivity index (χ0n) is 11.6. The van der Waals surface area contributed by atoms with E-state index in [4.69, 9.17) is 5.84 Å². The highest BCUT2D eigenvalue weighted by molar-refractivity contribution is 7.88. The number of hydrogen-bond donors (Lipinski definition) is 2. The van der Waals surface area contributed by atoms with E-state index in [0.29, 0.717) is 25.0 Å². The molecule has 6 heteroatoms. The van der Waals surface area contributed by atoms with Crippen molar-refractivity contribution in [2.75, 3.05) is 19.3 Å². The second kappa shape index (κ2) is 7.43. The van der Waals surface area contributed by atoms with Crippen molar-refractivity contribution in [1.82, 2.24) is 9.73 Å². The van der Waals surface area contributed by atoms with Gasteiger partial charge in [-0.05, 0) is 31.6 Å². The molecule has 1 saturated heterocycles. The predicted molar refractivity (Wildman–Crippen MR) is 74.4 cm³/mol. The van der Waals surface area contributed by atoms with E-state index in [0.717, 1.165) is 38.5 Å². The van der Waals surface area contributed by atoms with Crippen LogP contribution in [0.3, 0.4) is 0 Å². The molecule has 0 radical (unpaired) electrons. The van der Waals surface area contributed by atoms with Crippen molar-refractivity contribution in [3.63, 3.8) is 0 Å². The highest BCUT2D eigenvalue weighted by Crippen LogP contribution is 2.23. The molecular formula is C12H27N3O2S. The summed E-state index contributed by atoms with van der Waals surface area (Å²) in [6, 6.07) is 0.314. The quantitative estimate of drug-likeness (QED) is 0.539. The van der Waals surface area contributed by atoms with Gasteiger partial charge in [0.05, 0.1) is 6.26 Å². The molecule has 18 heavy (non-hydrogen) atoms. The Morgan fingerprint density at radius 2 is 2.22 bits per heavy atom. The van der Waals surface area contributed by atoms with Gasteiger partial charge in [0.2, 0.25) is 10.0 Å². The minimum atomic E-state index is -3.04. The third-order valence-electron chi connectivity index (χ3n) is 3.71. The summed E-state index contributed by atoms with van der Waals surface area (Å²) in [6.07, 6.45) is 7.74. The summed E-state index contributed by atoms with van der Waals surface area (Å²) in [4.78, 5) is 0. The number of unbranched alkanes of at least 4 members (excludes halogenated alkanes) is 1. The summed E-state index contributed by atoms with van der Waals surface area (Å²) in [7, 11) is -3.04. The lowest BCUT2D eigenvalue weighted by Gasteiger charge is -2.32. The second-order valence-corrected chi connectivity index (χ2v) is 7.35. The summed E-state index contributed by atoms with van der Waals surface area (Å²) in [5.41, 5.74) is 2.87. The average Bonchev–Trinajstić information content (AvgIpc) is 2.33. The van der Waals surface area contributed by atoms with Crippen LogP contribution in [0.1, 0.15) is 45.4 Å². The molecule has 0 aliphatic carbocycles. The first kappa shape index (κ1) is 15.9. The minimum absolute atomic E-state index is 0.314. The molecule has 1 fully saturated rings. The summed E-state index contributed by atoms with van der Waals surface area (Å²) < 4.78 is 24.7. The van der Waals surface area contributed by atoms with Crippen molar-refractivity contribution >= 4 is 10.0 Å². The summed E-state index contributed by atoms with van der Waals surface area (Å²) >= 11 is 0. The van der Waals surface area contributed by atoms with Crippen LogP contribution in [-0.2, 0) is 10.0 Å². The number of piperidine rings is 1. The maximum absolute atomic E-state index is 11.5. The number of rotatable bonds is 7. The molecule has 0 aromatic rings. The van der Waals surface area contributed by atoms with Gasteiger partial charge >= 0.3 is 0 Å². The lowest BCUT2D eigenvalue weighted by Crippen LogP contribution is -2.43. The van der Waals surface area contributed by atoms with Gasteiger partial charge in [-0.25, -0.2) is 12.7 Å². The van der Waals surface area contributed by atoms with Crippen LogP contribution in [0.4, 0.5) is 0 Å². The molecule has 5 nitrogen and oxygen atoms in total. The first-order valence-corrected chi connectivity index (χ1v) is 8.73. The largest absolute Gasteiger partial charge is 0.271 e. The van der Waals surface area contributed by atoms with E-state index < -0.39 is 10.0 Å². The van der Waals surface area contributed by atoms with Crippen molar-refractivity contribution < 1.29 is 8.42 Å². The summed E-state index contributed by atoms with van der Waals surface area (Å²) in [5, 5.41) is 0. The highest BCUT2D eigenvalue weighted by Gasteiger charge is 2.27. The van der Waals surface area contributed by atoms with E-state index in [1.807, 2.05) is 0 Å². The molecule has 2 unspecified atom stereocenters. The van der Waals surface area contributed by atoms with Crippen LogP contribution < -0.4 is 11.3 Å². The Balaban J connectivity index is 2.46. The Kier molecular flexibility index (Phi) is 6.55. The van der Waals surface area contributed by atoms with E-state index in [1.54, 1.807) is 4.31 Å². The van der Waals surface area contributed by atoms with Gasteiger partial charge in [0.25, 0.3) is 0 Å². The molecular weight excluding hydrogens is 250 g/mol. The molecule has 3 N–H and O–H groups in total. The molecule has 0 aromatic heterocycles. The first-order chi connectivity index (χ1) is 8.47. The Morgan fingerprint density at radius 3 is 2.78 bits per heavy atom. The van der Waals surface area contributed by atoms with E-state index >= 15 is 0 Å². The second-order valence-electron chi connectivity index (χ2n) is 5.37. The third kappa shape index (κ3) is 5.22.